The number of fused-ring (bicyclic) bond motifs is 2. The van der Waals surface area contributed by atoms with Crippen LogP contribution in [0.4, 0.5) is 14.7 Å². The van der Waals surface area contributed by atoms with Crippen molar-refractivity contribution in [1.29, 1.82) is 0 Å². The van der Waals surface area contributed by atoms with Crippen LogP contribution in [-0.4, -0.2) is 74.3 Å². The molecule has 0 radical (unpaired) electrons. The molecule has 5 heterocycles. The number of carbonyl (C=O) groups excluding carboxylic acids is 1. The quantitative estimate of drug-likeness (QED) is 0.324. The van der Waals surface area contributed by atoms with Gasteiger partial charge in [-0.3, -0.25) is 14.3 Å². The summed E-state index contributed by atoms with van der Waals surface area (Å²) >= 11 is 0. The van der Waals surface area contributed by atoms with Crippen LogP contribution in [0.25, 0.3) is 16.9 Å². The van der Waals surface area contributed by atoms with E-state index in [-0.39, 0.29) is 29.6 Å². The topological polar surface area (TPSA) is 98.5 Å². The fraction of sp³-hybridized carbons (Fsp3) is 0.452. The molecule has 224 valence electrons. The number of hydrogen-bond acceptors (Lipinski definition) is 8. The van der Waals surface area contributed by atoms with Gasteiger partial charge in [-0.2, -0.15) is 9.97 Å². The maximum Gasteiger partial charge on any atom is 0.296 e. The third-order valence-electron chi connectivity index (χ3n) is 8.58. The normalized spacial score (nSPS) is 20.8. The summed E-state index contributed by atoms with van der Waals surface area (Å²) in [5.41, 5.74) is 3.19. The molecular weight excluding hydrogens is 556 g/mol. The van der Waals surface area contributed by atoms with Crippen LogP contribution in [0.2, 0.25) is 0 Å². The number of alkyl halides is 2. The Kier molecular flexibility index (Phi) is 7.60. The van der Waals surface area contributed by atoms with Crippen LogP contribution in [0, 0.1) is 5.92 Å². The van der Waals surface area contributed by atoms with Gasteiger partial charge in [-0.25, -0.2) is 13.8 Å². The molecule has 0 N–H and O–H groups in total. The number of aromatic nitrogens is 5. The smallest absolute Gasteiger partial charge is 0.296 e. The molecule has 2 fully saturated rings. The van der Waals surface area contributed by atoms with E-state index in [4.69, 9.17) is 19.4 Å². The number of rotatable bonds is 6. The Morgan fingerprint density at radius 3 is 2.60 bits per heavy atom. The van der Waals surface area contributed by atoms with Gasteiger partial charge in [0.15, 0.2) is 5.82 Å². The van der Waals surface area contributed by atoms with Crippen LogP contribution in [0.3, 0.4) is 0 Å². The molecule has 2 aliphatic heterocycles. The van der Waals surface area contributed by atoms with Crippen molar-refractivity contribution in [1.82, 2.24) is 29.4 Å². The number of nitrogens with zero attached hydrogens (tertiary/aromatic N) is 7. The first kappa shape index (κ1) is 27.6. The van der Waals surface area contributed by atoms with Crippen LogP contribution in [0.5, 0.6) is 5.88 Å². The number of amides is 1. The van der Waals surface area contributed by atoms with Gasteiger partial charge in [0.1, 0.15) is 11.9 Å². The van der Waals surface area contributed by atoms with Gasteiger partial charge in [-0.1, -0.05) is 18.2 Å². The molecule has 7 rings (SSSR count). The van der Waals surface area contributed by atoms with E-state index in [2.05, 4.69) is 16.0 Å². The number of halogens is 2. The monoisotopic (exact) mass is 589 g/mol. The third kappa shape index (κ3) is 5.63. The average Bonchev–Trinajstić information content (AvgIpc) is 3.45. The molecule has 1 saturated heterocycles. The summed E-state index contributed by atoms with van der Waals surface area (Å²) < 4.78 is 41.6. The van der Waals surface area contributed by atoms with E-state index < -0.39 is 6.43 Å². The van der Waals surface area contributed by atoms with E-state index in [0.29, 0.717) is 87.9 Å². The molecule has 12 heteroatoms. The minimum absolute atomic E-state index is 0.0547. The summed E-state index contributed by atoms with van der Waals surface area (Å²) in [6, 6.07) is 12.6. The number of pyridine rings is 1. The highest BCUT2D eigenvalue weighted by atomic mass is 19.3. The molecule has 1 amide bonds. The minimum Gasteiger partial charge on any atom is -0.474 e. The predicted molar refractivity (Wildman–Crippen MR) is 154 cm³/mol. The van der Waals surface area contributed by atoms with Crippen LogP contribution < -0.4 is 9.64 Å². The second-order valence-corrected chi connectivity index (χ2v) is 11.3. The van der Waals surface area contributed by atoms with Crippen molar-refractivity contribution in [2.45, 2.75) is 51.2 Å². The molecule has 10 nitrogen and oxygen atoms in total. The Balaban J connectivity index is 1.10. The molecule has 1 saturated carbocycles. The van der Waals surface area contributed by atoms with Crippen LogP contribution >= 0.6 is 0 Å². The van der Waals surface area contributed by atoms with E-state index in [0.717, 1.165) is 12.1 Å². The highest BCUT2D eigenvalue weighted by Gasteiger charge is 2.32. The largest absolute Gasteiger partial charge is 0.474 e. The summed E-state index contributed by atoms with van der Waals surface area (Å²) in [5, 5.41) is 0. The van der Waals surface area contributed by atoms with E-state index in [1.807, 2.05) is 15.9 Å². The fourth-order valence-corrected chi connectivity index (χ4v) is 6.31. The number of para-hydroxylation sites is 2. The number of anilines is 1. The van der Waals surface area contributed by atoms with Crippen molar-refractivity contribution in [3.05, 3.63) is 65.7 Å². The van der Waals surface area contributed by atoms with Crippen LogP contribution in [0.1, 0.15) is 49.2 Å². The summed E-state index contributed by atoms with van der Waals surface area (Å²) in [7, 11) is 0. The summed E-state index contributed by atoms with van der Waals surface area (Å²) in [6.07, 6.45) is 2.48. The van der Waals surface area contributed by atoms with Crippen molar-refractivity contribution in [2.75, 3.05) is 37.7 Å². The van der Waals surface area contributed by atoms with E-state index >= 15 is 0 Å². The van der Waals surface area contributed by atoms with E-state index in [1.54, 1.807) is 36.5 Å². The van der Waals surface area contributed by atoms with Crippen LogP contribution in [-0.2, 0) is 22.5 Å². The molecule has 0 atom stereocenters. The molecule has 1 aromatic carbocycles. The third-order valence-corrected chi connectivity index (χ3v) is 8.58. The maximum atomic E-state index is 14.2. The van der Waals surface area contributed by atoms with E-state index in [9.17, 15) is 13.6 Å². The second kappa shape index (κ2) is 11.8. The molecule has 43 heavy (non-hydrogen) atoms. The molecule has 3 aliphatic rings. The average molecular weight is 590 g/mol. The zero-order valence-corrected chi connectivity index (χ0v) is 23.7. The first-order valence-electron chi connectivity index (χ1n) is 14.9. The van der Waals surface area contributed by atoms with Gasteiger partial charge < -0.3 is 19.3 Å². The fourth-order valence-electron chi connectivity index (χ4n) is 6.31. The zero-order chi connectivity index (χ0) is 29.3. The SMILES string of the molecule is O=C([C@H]1CC[C@H](Oc2cc(-n3c(C(F)F)nc4ccccc43)nc(N3CCOCC3)n2)CC1)N1CCc2cccnc2C1. The Labute approximate surface area is 247 Å². The van der Waals surface area contributed by atoms with Gasteiger partial charge in [-0.05, 0) is 55.9 Å². The number of imidazole rings is 1. The first-order chi connectivity index (χ1) is 21.0. The van der Waals surface area contributed by atoms with Crippen molar-refractivity contribution >= 4 is 22.9 Å². The Bertz CT molecular complexity index is 1620. The lowest BCUT2D eigenvalue weighted by Crippen LogP contribution is -2.42. The number of hydrogen-bond donors (Lipinski definition) is 0. The molecule has 1 aliphatic carbocycles. The van der Waals surface area contributed by atoms with Crippen LogP contribution in [0.15, 0.2) is 48.7 Å². The highest BCUT2D eigenvalue weighted by Crippen LogP contribution is 2.33. The van der Waals surface area contributed by atoms with Gasteiger partial charge in [0, 0.05) is 37.8 Å². The summed E-state index contributed by atoms with van der Waals surface area (Å²) in [6.45, 7) is 3.49. The van der Waals surface area contributed by atoms with Crippen molar-refractivity contribution in [3.63, 3.8) is 0 Å². The number of benzene rings is 1. The van der Waals surface area contributed by atoms with Crippen molar-refractivity contribution < 1.29 is 23.0 Å². The lowest BCUT2D eigenvalue weighted by Gasteiger charge is -2.34. The molecule has 4 aromatic rings. The zero-order valence-electron chi connectivity index (χ0n) is 23.7. The van der Waals surface area contributed by atoms with Gasteiger partial charge in [-0.15, -0.1) is 0 Å². The number of carbonyl (C=O) groups is 1. The van der Waals surface area contributed by atoms with Gasteiger partial charge in [0.25, 0.3) is 6.43 Å². The Morgan fingerprint density at radius 2 is 1.79 bits per heavy atom. The summed E-state index contributed by atoms with van der Waals surface area (Å²) in [5.74, 6) is 0.738. The summed E-state index contributed by atoms with van der Waals surface area (Å²) in [4.78, 5) is 35.3. The standard InChI is InChI=1S/C31H33F2N7O3/c32-28(33)29-35-23-5-1-2-6-25(23)40(29)26-18-27(37-31(36-26)38-14-16-42-17-15-38)43-22-9-7-21(8-10-22)30(41)39-13-11-20-4-3-12-34-24(20)19-39/h1-6,12,18,21-22,28H,7-11,13-17,19H2/t21-,22-. The van der Waals surface area contributed by atoms with Crippen molar-refractivity contribution in [3.8, 4) is 11.7 Å². The molecule has 0 spiro atoms. The molecular formula is C31H33F2N7O3. The lowest BCUT2D eigenvalue weighted by molar-refractivity contribution is -0.138. The molecule has 3 aromatic heterocycles. The predicted octanol–water partition coefficient (Wildman–Crippen LogP) is 4.51. The minimum atomic E-state index is -2.80. The number of ether oxygens (including phenoxy) is 2. The van der Waals surface area contributed by atoms with Crippen molar-refractivity contribution in [2.24, 2.45) is 5.92 Å². The Morgan fingerprint density at radius 1 is 0.977 bits per heavy atom. The highest BCUT2D eigenvalue weighted by molar-refractivity contribution is 5.79. The van der Waals surface area contributed by atoms with Gasteiger partial charge >= 0.3 is 0 Å². The number of morpholine rings is 1. The van der Waals surface area contributed by atoms with Gasteiger partial charge in [0.05, 0.1) is 36.5 Å². The lowest BCUT2D eigenvalue weighted by atomic mass is 9.86. The maximum absolute atomic E-state index is 14.2. The first-order valence-corrected chi connectivity index (χ1v) is 14.9. The van der Waals surface area contributed by atoms with Gasteiger partial charge in [0.2, 0.25) is 17.7 Å². The second-order valence-electron chi connectivity index (χ2n) is 11.3. The van der Waals surface area contributed by atoms with E-state index in [1.165, 1.54) is 10.1 Å². The Hall–Kier alpha value is -4.19. The molecule has 0 unspecified atom stereocenters. The molecule has 0 bridgehead atoms.